The van der Waals surface area contributed by atoms with Crippen molar-refractivity contribution in [2.75, 3.05) is 23.7 Å². The first kappa shape index (κ1) is 15.3. The van der Waals surface area contributed by atoms with Gasteiger partial charge in [-0.3, -0.25) is 4.72 Å². The van der Waals surface area contributed by atoms with E-state index in [-0.39, 0.29) is 12.4 Å². The van der Waals surface area contributed by atoms with Crippen molar-refractivity contribution in [1.29, 1.82) is 0 Å². The second kappa shape index (κ2) is 6.98. The second-order valence-corrected chi connectivity index (χ2v) is 5.64. The van der Waals surface area contributed by atoms with Gasteiger partial charge >= 0.3 is 5.97 Å². The maximum atomic E-state index is 11.4. The first-order chi connectivity index (χ1) is 8.96. The van der Waals surface area contributed by atoms with Gasteiger partial charge in [0.1, 0.15) is 5.75 Å². The van der Waals surface area contributed by atoms with E-state index >= 15 is 0 Å². The predicted octanol–water partition coefficient (Wildman–Crippen LogP) is 1.39. The second-order valence-electron chi connectivity index (χ2n) is 3.63. The lowest BCUT2D eigenvalue weighted by Gasteiger charge is -2.09. The SMILES string of the molecule is CCOC(=O)COc1cccc(NS(=O)(=O)CC)c1. The molecule has 1 aromatic rings. The van der Waals surface area contributed by atoms with Crippen LogP contribution in [0.1, 0.15) is 13.8 Å². The lowest BCUT2D eigenvalue weighted by molar-refractivity contribution is -0.145. The van der Waals surface area contributed by atoms with Gasteiger partial charge < -0.3 is 9.47 Å². The van der Waals surface area contributed by atoms with Crippen molar-refractivity contribution in [2.24, 2.45) is 0 Å². The smallest absolute Gasteiger partial charge is 0.344 e. The highest BCUT2D eigenvalue weighted by Crippen LogP contribution is 2.18. The molecule has 1 rings (SSSR count). The minimum absolute atomic E-state index is 0.0130. The van der Waals surface area contributed by atoms with Gasteiger partial charge in [-0.25, -0.2) is 13.2 Å². The number of rotatable bonds is 7. The molecular weight excluding hydrogens is 270 g/mol. The molecule has 6 nitrogen and oxygen atoms in total. The monoisotopic (exact) mass is 287 g/mol. The van der Waals surface area contributed by atoms with E-state index in [1.165, 1.54) is 6.07 Å². The van der Waals surface area contributed by atoms with E-state index in [4.69, 9.17) is 9.47 Å². The molecule has 0 saturated heterocycles. The van der Waals surface area contributed by atoms with Crippen LogP contribution in [0.25, 0.3) is 0 Å². The average molecular weight is 287 g/mol. The average Bonchev–Trinajstić information content (AvgIpc) is 2.37. The van der Waals surface area contributed by atoms with Crippen LogP contribution in [0, 0.1) is 0 Å². The highest BCUT2D eigenvalue weighted by molar-refractivity contribution is 7.92. The van der Waals surface area contributed by atoms with Crippen LogP contribution >= 0.6 is 0 Å². The normalized spacial score (nSPS) is 10.8. The number of hydrogen-bond donors (Lipinski definition) is 1. The van der Waals surface area contributed by atoms with E-state index in [9.17, 15) is 13.2 Å². The molecule has 0 aliphatic rings. The first-order valence-corrected chi connectivity index (χ1v) is 7.51. The number of benzene rings is 1. The Morgan fingerprint density at radius 1 is 1.32 bits per heavy atom. The van der Waals surface area contributed by atoms with Crippen molar-refractivity contribution in [1.82, 2.24) is 0 Å². The Kier molecular flexibility index (Phi) is 5.62. The van der Waals surface area contributed by atoms with Crippen molar-refractivity contribution in [3.05, 3.63) is 24.3 Å². The summed E-state index contributed by atoms with van der Waals surface area (Å²) in [4.78, 5) is 11.1. The quantitative estimate of drug-likeness (QED) is 0.766. The number of carbonyl (C=O) groups excluding carboxylic acids is 1. The topological polar surface area (TPSA) is 81.7 Å². The van der Waals surface area contributed by atoms with Gasteiger partial charge in [-0.15, -0.1) is 0 Å². The first-order valence-electron chi connectivity index (χ1n) is 5.85. The van der Waals surface area contributed by atoms with Crippen molar-refractivity contribution in [2.45, 2.75) is 13.8 Å². The van der Waals surface area contributed by atoms with Crippen LogP contribution in [-0.2, 0) is 19.6 Å². The van der Waals surface area contributed by atoms with E-state index in [0.717, 1.165) is 0 Å². The Balaban J connectivity index is 2.65. The van der Waals surface area contributed by atoms with Crippen LogP contribution in [-0.4, -0.2) is 33.4 Å². The molecule has 0 amide bonds. The highest BCUT2D eigenvalue weighted by Gasteiger charge is 2.08. The molecule has 0 atom stereocenters. The van der Waals surface area contributed by atoms with Gasteiger partial charge in [0, 0.05) is 6.07 Å². The molecule has 0 radical (unpaired) electrons. The predicted molar refractivity (Wildman–Crippen MR) is 71.7 cm³/mol. The molecule has 0 unspecified atom stereocenters. The van der Waals surface area contributed by atoms with E-state index < -0.39 is 16.0 Å². The third-order valence-electron chi connectivity index (χ3n) is 2.15. The Morgan fingerprint density at radius 3 is 2.68 bits per heavy atom. The number of nitrogens with one attached hydrogen (secondary N) is 1. The van der Waals surface area contributed by atoms with Crippen LogP contribution in [0.5, 0.6) is 5.75 Å². The van der Waals surface area contributed by atoms with Crippen LogP contribution < -0.4 is 9.46 Å². The highest BCUT2D eigenvalue weighted by atomic mass is 32.2. The van der Waals surface area contributed by atoms with Gasteiger partial charge in [0.2, 0.25) is 10.0 Å². The number of sulfonamides is 1. The Morgan fingerprint density at radius 2 is 2.05 bits per heavy atom. The molecule has 0 heterocycles. The van der Waals surface area contributed by atoms with E-state index in [1.54, 1.807) is 32.0 Å². The zero-order chi connectivity index (χ0) is 14.3. The van der Waals surface area contributed by atoms with E-state index in [1.807, 2.05) is 0 Å². The number of esters is 1. The van der Waals surface area contributed by atoms with Crippen molar-refractivity contribution >= 4 is 21.7 Å². The molecule has 7 heteroatoms. The van der Waals surface area contributed by atoms with Gasteiger partial charge in [-0.1, -0.05) is 6.07 Å². The standard InChI is InChI=1S/C12H17NO5S/c1-3-17-12(14)9-18-11-7-5-6-10(8-11)13-19(15,16)4-2/h5-8,13H,3-4,9H2,1-2H3. The summed E-state index contributed by atoms with van der Waals surface area (Å²) in [6, 6.07) is 6.37. The maximum absolute atomic E-state index is 11.4. The summed E-state index contributed by atoms with van der Waals surface area (Å²) in [6.45, 7) is 3.33. The minimum Gasteiger partial charge on any atom is -0.482 e. The summed E-state index contributed by atoms with van der Waals surface area (Å²) >= 11 is 0. The maximum Gasteiger partial charge on any atom is 0.344 e. The van der Waals surface area contributed by atoms with Crippen molar-refractivity contribution in [3.63, 3.8) is 0 Å². The van der Waals surface area contributed by atoms with Crippen LogP contribution in [0.15, 0.2) is 24.3 Å². The number of carbonyl (C=O) groups is 1. The summed E-state index contributed by atoms with van der Waals surface area (Å²) in [5.74, 6) is -0.0904. The van der Waals surface area contributed by atoms with Crippen LogP contribution in [0.2, 0.25) is 0 Å². The number of ether oxygens (including phenoxy) is 2. The number of anilines is 1. The molecule has 0 aromatic heterocycles. The molecular formula is C12H17NO5S. The third-order valence-corrected chi connectivity index (χ3v) is 3.46. The number of hydrogen-bond acceptors (Lipinski definition) is 5. The summed E-state index contributed by atoms with van der Waals surface area (Å²) < 4.78 is 35.1. The lowest BCUT2D eigenvalue weighted by atomic mass is 10.3. The fraction of sp³-hybridized carbons (Fsp3) is 0.417. The van der Waals surface area contributed by atoms with Gasteiger partial charge in [-0.05, 0) is 26.0 Å². The molecule has 0 bridgehead atoms. The molecule has 0 fully saturated rings. The van der Waals surface area contributed by atoms with Gasteiger partial charge in [-0.2, -0.15) is 0 Å². The molecule has 0 spiro atoms. The summed E-state index contributed by atoms with van der Waals surface area (Å²) in [5.41, 5.74) is 0.392. The Labute approximate surface area is 112 Å². The summed E-state index contributed by atoms with van der Waals surface area (Å²) in [5, 5.41) is 0. The largest absolute Gasteiger partial charge is 0.482 e. The van der Waals surface area contributed by atoms with Gasteiger partial charge in [0.05, 0.1) is 18.0 Å². The summed E-state index contributed by atoms with van der Waals surface area (Å²) in [6.07, 6.45) is 0. The molecule has 1 aromatic carbocycles. The third kappa shape index (κ3) is 5.60. The molecule has 0 saturated carbocycles. The Bertz CT molecular complexity index is 527. The fourth-order valence-electron chi connectivity index (χ4n) is 1.25. The van der Waals surface area contributed by atoms with E-state index in [0.29, 0.717) is 18.0 Å². The van der Waals surface area contributed by atoms with Crippen LogP contribution in [0.3, 0.4) is 0 Å². The fourth-order valence-corrected chi connectivity index (χ4v) is 1.88. The summed E-state index contributed by atoms with van der Waals surface area (Å²) in [7, 11) is -3.33. The lowest BCUT2D eigenvalue weighted by Crippen LogP contribution is -2.16. The van der Waals surface area contributed by atoms with Gasteiger partial charge in [0.15, 0.2) is 6.61 Å². The van der Waals surface area contributed by atoms with Crippen molar-refractivity contribution < 1.29 is 22.7 Å². The molecule has 1 N–H and O–H groups in total. The minimum atomic E-state index is -3.33. The van der Waals surface area contributed by atoms with Crippen molar-refractivity contribution in [3.8, 4) is 5.75 Å². The van der Waals surface area contributed by atoms with Crippen LogP contribution in [0.4, 0.5) is 5.69 Å². The molecule has 0 aliphatic carbocycles. The zero-order valence-electron chi connectivity index (χ0n) is 10.9. The molecule has 19 heavy (non-hydrogen) atoms. The molecule has 0 aliphatic heterocycles. The zero-order valence-corrected chi connectivity index (χ0v) is 11.7. The van der Waals surface area contributed by atoms with E-state index in [2.05, 4.69) is 4.72 Å². The Hall–Kier alpha value is -1.76. The molecule has 106 valence electrons. The van der Waals surface area contributed by atoms with Gasteiger partial charge in [0.25, 0.3) is 0 Å².